The molecule has 1 heterocycles. The van der Waals surface area contributed by atoms with Crippen molar-refractivity contribution in [1.82, 2.24) is 10.2 Å². The van der Waals surface area contributed by atoms with Gasteiger partial charge in [0.2, 0.25) is 0 Å². The van der Waals surface area contributed by atoms with Crippen molar-refractivity contribution >= 4 is 9.24 Å². The van der Waals surface area contributed by atoms with Gasteiger partial charge in [0.25, 0.3) is 0 Å². The van der Waals surface area contributed by atoms with Gasteiger partial charge in [0, 0.05) is 24.9 Å². The second-order valence-electron chi connectivity index (χ2n) is 3.08. The van der Waals surface area contributed by atoms with Gasteiger partial charge in [0.1, 0.15) is 0 Å². The van der Waals surface area contributed by atoms with Crippen LogP contribution in [0.4, 0.5) is 0 Å². The highest BCUT2D eigenvalue weighted by Crippen LogP contribution is 2.16. The molecule has 0 radical (unpaired) electrons. The Morgan fingerprint density at radius 2 is 2.33 bits per heavy atom. The van der Waals surface area contributed by atoms with E-state index in [0.29, 0.717) is 0 Å². The molecular formula is C6H15N2P. The molecule has 0 aliphatic carbocycles. The van der Waals surface area contributed by atoms with Crippen LogP contribution >= 0.6 is 9.24 Å². The number of rotatable bonds is 0. The normalized spacial score (nSPS) is 39.0. The van der Waals surface area contributed by atoms with E-state index in [0.717, 1.165) is 13.1 Å². The summed E-state index contributed by atoms with van der Waals surface area (Å²) in [6, 6.07) is 0. The molecule has 0 bridgehead atoms. The van der Waals surface area contributed by atoms with Crippen LogP contribution in [0.3, 0.4) is 0 Å². The maximum absolute atomic E-state index is 3.41. The lowest BCUT2D eigenvalue weighted by Crippen LogP contribution is -2.53. The quantitative estimate of drug-likeness (QED) is 0.488. The summed E-state index contributed by atoms with van der Waals surface area (Å²) in [5.74, 6) is 0. The Hall–Kier alpha value is 0.350. The van der Waals surface area contributed by atoms with Crippen LogP contribution < -0.4 is 5.32 Å². The number of nitrogens with one attached hydrogen (secondary N) is 1. The molecule has 2 nitrogen and oxygen atoms in total. The molecule has 0 aromatic carbocycles. The summed E-state index contributed by atoms with van der Waals surface area (Å²) < 4.78 is 0. The first-order valence-electron chi connectivity index (χ1n) is 3.33. The highest BCUT2D eigenvalue weighted by Gasteiger charge is 2.22. The Morgan fingerprint density at radius 3 is 2.67 bits per heavy atom. The first-order chi connectivity index (χ1) is 4.10. The molecule has 0 spiro atoms. The summed E-state index contributed by atoms with van der Waals surface area (Å²) in [4.78, 5) is 2.34. The first kappa shape index (κ1) is 7.46. The molecule has 2 atom stereocenters. The van der Waals surface area contributed by atoms with Crippen molar-refractivity contribution in [2.24, 2.45) is 0 Å². The van der Waals surface area contributed by atoms with Crippen molar-refractivity contribution in [3.63, 3.8) is 0 Å². The smallest absolute Gasteiger partial charge is 0.0422 e. The fourth-order valence-corrected chi connectivity index (χ4v) is 1.68. The number of likely N-dealkylation sites (N-methyl/N-ethyl adjacent to an activating group) is 1. The molecule has 9 heavy (non-hydrogen) atoms. The Labute approximate surface area is 59.2 Å². The molecule has 0 aromatic rings. The van der Waals surface area contributed by atoms with Crippen LogP contribution in [0.1, 0.15) is 6.92 Å². The molecule has 2 unspecified atom stereocenters. The average Bonchev–Trinajstić information content (AvgIpc) is 1.60. The Balaban J connectivity index is 2.41. The third-order valence-corrected chi connectivity index (χ3v) is 2.01. The van der Waals surface area contributed by atoms with E-state index in [-0.39, 0.29) is 5.28 Å². The summed E-state index contributed by atoms with van der Waals surface area (Å²) >= 11 is 0. The minimum atomic E-state index is 0.243. The Bertz CT molecular complexity index is 103. The SMILES string of the molecule is CN1CCNC(C)(P)C1. The van der Waals surface area contributed by atoms with Crippen LogP contribution in [0, 0.1) is 0 Å². The molecule has 0 amide bonds. The largest absolute Gasteiger partial charge is 0.306 e. The van der Waals surface area contributed by atoms with Gasteiger partial charge in [-0.2, -0.15) is 0 Å². The van der Waals surface area contributed by atoms with Gasteiger partial charge in [-0.25, -0.2) is 0 Å². The first-order valence-corrected chi connectivity index (χ1v) is 3.90. The van der Waals surface area contributed by atoms with E-state index in [1.54, 1.807) is 0 Å². The van der Waals surface area contributed by atoms with E-state index in [1.807, 2.05) is 0 Å². The maximum Gasteiger partial charge on any atom is 0.0422 e. The van der Waals surface area contributed by atoms with Crippen molar-refractivity contribution in [3.05, 3.63) is 0 Å². The second kappa shape index (κ2) is 2.53. The molecule has 1 fully saturated rings. The molecular weight excluding hydrogens is 131 g/mol. The third kappa shape index (κ3) is 2.21. The second-order valence-corrected chi connectivity index (χ2v) is 4.36. The predicted molar refractivity (Wildman–Crippen MR) is 43.6 cm³/mol. The average molecular weight is 146 g/mol. The van der Waals surface area contributed by atoms with E-state index in [2.05, 4.69) is 33.4 Å². The Kier molecular flexibility index (Phi) is 2.10. The summed E-state index contributed by atoms with van der Waals surface area (Å²) in [7, 11) is 4.99. The molecule has 1 aliphatic rings. The van der Waals surface area contributed by atoms with Gasteiger partial charge in [-0.15, -0.1) is 9.24 Å². The lowest BCUT2D eigenvalue weighted by atomic mass is 10.2. The monoisotopic (exact) mass is 146 g/mol. The summed E-state index contributed by atoms with van der Waals surface area (Å²) in [5.41, 5.74) is 0. The van der Waals surface area contributed by atoms with E-state index in [4.69, 9.17) is 0 Å². The predicted octanol–water partition coefficient (Wildman–Crippen LogP) is 0.113. The molecule has 1 saturated heterocycles. The molecule has 1 rings (SSSR count). The van der Waals surface area contributed by atoms with E-state index in [1.165, 1.54) is 6.54 Å². The number of hydrogen-bond acceptors (Lipinski definition) is 2. The molecule has 1 aliphatic heterocycles. The topological polar surface area (TPSA) is 15.3 Å². The fraction of sp³-hybridized carbons (Fsp3) is 1.00. The van der Waals surface area contributed by atoms with E-state index in [9.17, 15) is 0 Å². The Morgan fingerprint density at radius 1 is 1.67 bits per heavy atom. The molecule has 0 aromatic heterocycles. The lowest BCUT2D eigenvalue weighted by molar-refractivity contribution is 0.230. The van der Waals surface area contributed by atoms with Crippen LogP contribution in [0.25, 0.3) is 0 Å². The molecule has 3 heteroatoms. The van der Waals surface area contributed by atoms with Crippen LogP contribution in [0.5, 0.6) is 0 Å². The van der Waals surface area contributed by atoms with Crippen molar-refractivity contribution in [2.75, 3.05) is 26.7 Å². The van der Waals surface area contributed by atoms with Gasteiger partial charge in [-0.05, 0) is 14.0 Å². The van der Waals surface area contributed by atoms with Crippen LogP contribution in [0.15, 0.2) is 0 Å². The minimum absolute atomic E-state index is 0.243. The third-order valence-electron chi connectivity index (χ3n) is 1.62. The standard InChI is InChI=1S/C6H15N2P/c1-6(9)5-8(2)4-3-7-6/h7H,3-5,9H2,1-2H3. The summed E-state index contributed by atoms with van der Waals surface area (Å²) in [6.07, 6.45) is 0. The molecule has 54 valence electrons. The van der Waals surface area contributed by atoms with Crippen molar-refractivity contribution in [3.8, 4) is 0 Å². The molecule has 0 saturated carbocycles. The number of nitrogens with zero attached hydrogens (tertiary/aromatic N) is 1. The van der Waals surface area contributed by atoms with E-state index >= 15 is 0 Å². The zero-order valence-electron chi connectivity index (χ0n) is 6.15. The summed E-state index contributed by atoms with van der Waals surface area (Å²) in [5, 5.41) is 3.65. The maximum atomic E-state index is 3.41. The fourth-order valence-electron chi connectivity index (χ4n) is 1.23. The van der Waals surface area contributed by atoms with Gasteiger partial charge in [-0.1, -0.05) is 0 Å². The van der Waals surface area contributed by atoms with Crippen LogP contribution in [-0.2, 0) is 0 Å². The molecule has 1 N–H and O–H groups in total. The van der Waals surface area contributed by atoms with Crippen LogP contribution in [0.2, 0.25) is 0 Å². The van der Waals surface area contributed by atoms with Gasteiger partial charge in [-0.3, -0.25) is 0 Å². The highest BCUT2D eigenvalue weighted by atomic mass is 31.0. The van der Waals surface area contributed by atoms with E-state index < -0.39 is 0 Å². The number of piperazine rings is 1. The minimum Gasteiger partial charge on any atom is -0.306 e. The van der Waals surface area contributed by atoms with Crippen molar-refractivity contribution in [2.45, 2.75) is 12.2 Å². The van der Waals surface area contributed by atoms with Gasteiger partial charge in [0.15, 0.2) is 0 Å². The van der Waals surface area contributed by atoms with Crippen molar-refractivity contribution in [1.29, 1.82) is 0 Å². The van der Waals surface area contributed by atoms with Gasteiger partial charge < -0.3 is 10.2 Å². The van der Waals surface area contributed by atoms with Crippen molar-refractivity contribution < 1.29 is 0 Å². The zero-order chi connectivity index (χ0) is 6.91. The number of hydrogen-bond donors (Lipinski definition) is 1. The summed E-state index contributed by atoms with van der Waals surface area (Å²) in [6.45, 7) is 5.60. The highest BCUT2D eigenvalue weighted by molar-refractivity contribution is 7.18. The van der Waals surface area contributed by atoms with Gasteiger partial charge >= 0.3 is 0 Å². The van der Waals surface area contributed by atoms with Crippen LogP contribution in [-0.4, -0.2) is 36.9 Å². The van der Waals surface area contributed by atoms with Gasteiger partial charge in [0.05, 0.1) is 0 Å². The lowest BCUT2D eigenvalue weighted by Gasteiger charge is -2.36. The zero-order valence-corrected chi connectivity index (χ0v) is 7.30.